The lowest BCUT2D eigenvalue weighted by molar-refractivity contribution is 0.0934. The highest BCUT2D eigenvalue weighted by atomic mass is 16.3. The van der Waals surface area contributed by atoms with Crippen molar-refractivity contribution in [2.45, 2.75) is 26.3 Å². The predicted molar refractivity (Wildman–Crippen MR) is 61.5 cm³/mol. The van der Waals surface area contributed by atoms with Gasteiger partial charge in [0, 0.05) is 18.2 Å². The van der Waals surface area contributed by atoms with Gasteiger partial charge in [-0.1, -0.05) is 6.07 Å². The molecule has 0 aliphatic rings. The third-order valence-corrected chi connectivity index (χ3v) is 2.41. The first-order valence-electron chi connectivity index (χ1n) is 5.26. The van der Waals surface area contributed by atoms with E-state index >= 15 is 0 Å². The van der Waals surface area contributed by atoms with Crippen molar-refractivity contribution in [3.63, 3.8) is 0 Å². The molecule has 3 N–H and O–H groups in total. The van der Waals surface area contributed by atoms with Crippen molar-refractivity contribution >= 4 is 5.91 Å². The fourth-order valence-electron chi connectivity index (χ4n) is 1.32. The standard InChI is InChI=1S/C12H17NO3/c1-8-3-4-10(7-11(8)15)12(16)13-9(2)5-6-14/h3-4,7,9,14-15H,5-6H2,1-2H3,(H,13,16). The summed E-state index contributed by atoms with van der Waals surface area (Å²) in [5.74, 6) is -0.126. The topological polar surface area (TPSA) is 69.6 Å². The summed E-state index contributed by atoms with van der Waals surface area (Å²) in [6, 6.07) is 4.72. The molecule has 0 heterocycles. The summed E-state index contributed by atoms with van der Waals surface area (Å²) < 4.78 is 0. The van der Waals surface area contributed by atoms with Crippen molar-refractivity contribution < 1.29 is 15.0 Å². The Hall–Kier alpha value is -1.55. The molecule has 0 saturated carbocycles. The first-order valence-corrected chi connectivity index (χ1v) is 5.26. The molecule has 1 aromatic carbocycles. The minimum Gasteiger partial charge on any atom is -0.508 e. The molecule has 88 valence electrons. The highest BCUT2D eigenvalue weighted by molar-refractivity contribution is 5.94. The monoisotopic (exact) mass is 223 g/mol. The number of benzene rings is 1. The second kappa shape index (κ2) is 5.51. The lowest BCUT2D eigenvalue weighted by Gasteiger charge is -2.12. The lowest BCUT2D eigenvalue weighted by Crippen LogP contribution is -2.33. The van der Waals surface area contributed by atoms with Gasteiger partial charge in [-0.25, -0.2) is 0 Å². The van der Waals surface area contributed by atoms with Gasteiger partial charge in [-0.3, -0.25) is 4.79 Å². The molecule has 0 aliphatic carbocycles. The number of aliphatic hydroxyl groups excluding tert-OH is 1. The number of carbonyl (C=O) groups excluding carboxylic acids is 1. The summed E-state index contributed by atoms with van der Waals surface area (Å²) >= 11 is 0. The van der Waals surface area contributed by atoms with E-state index in [1.165, 1.54) is 6.07 Å². The number of nitrogens with one attached hydrogen (secondary N) is 1. The number of phenolic OH excluding ortho intramolecular Hbond substituents is 1. The summed E-state index contributed by atoms with van der Waals surface area (Å²) in [6.45, 7) is 3.63. The number of rotatable bonds is 4. The van der Waals surface area contributed by atoms with Gasteiger partial charge in [0.05, 0.1) is 0 Å². The van der Waals surface area contributed by atoms with Gasteiger partial charge in [-0.15, -0.1) is 0 Å². The van der Waals surface area contributed by atoms with Crippen molar-refractivity contribution in [1.29, 1.82) is 0 Å². The highest BCUT2D eigenvalue weighted by Gasteiger charge is 2.10. The minimum atomic E-state index is -0.240. The van der Waals surface area contributed by atoms with Crippen LogP contribution in [0.15, 0.2) is 18.2 Å². The maximum Gasteiger partial charge on any atom is 0.251 e. The number of hydrogen-bond acceptors (Lipinski definition) is 3. The minimum absolute atomic E-state index is 0.0423. The Labute approximate surface area is 94.9 Å². The lowest BCUT2D eigenvalue weighted by atomic mass is 10.1. The zero-order chi connectivity index (χ0) is 12.1. The van der Waals surface area contributed by atoms with Crippen LogP contribution in [0.2, 0.25) is 0 Å². The van der Waals surface area contributed by atoms with Crippen LogP contribution in [0.5, 0.6) is 5.75 Å². The molecule has 16 heavy (non-hydrogen) atoms. The maximum absolute atomic E-state index is 11.7. The maximum atomic E-state index is 11.7. The molecule has 1 amide bonds. The molecule has 0 radical (unpaired) electrons. The van der Waals surface area contributed by atoms with E-state index in [1.807, 2.05) is 6.92 Å². The summed E-state index contributed by atoms with van der Waals surface area (Å²) in [6.07, 6.45) is 0.517. The molecule has 0 saturated heterocycles. The zero-order valence-corrected chi connectivity index (χ0v) is 9.53. The predicted octanol–water partition coefficient (Wildman–Crippen LogP) is 1.20. The van der Waals surface area contributed by atoms with Gasteiger partial charge < -0.3 is 15.5 Å². The average Bonchev–Trinajstić information content (AvgIpc) is 2.22. The largest absolute Gasteiger partial charge is 0.508 e. The number of phenols is 1. The van der Waals surface area contributed by atoms with Crippen LogP contribution in [0.25, 0.3) is 0 Å². The van der Waals surface area contributed by atoms with Gasteiger partial charge in [-0.2, -0.15) is 0 Å². The Kier molecular flexibility index (Phi) is 4.31. The van der Waals surface area contributed by atoms with Gasteiger partial charge in [-0.05, 0) is 38.0 Å². The molecule has 1 rings (SSSR count). The molecule has 1 unspecified atom stereocenters. The summed E-state index contributed by atoms with van der Waals surface area (Å²) in [4.78, 5) is 11.7. The molecule has 0 spiro atoms. The molecular formula is C12H17NO3. The van der Waals surface area contributed by atoms with Crippen LogP contribution in [-0.2, 0) is 0 Å². The van der Waals surface area contributed by atoms with E-state index in [0.717, 1.165) is 5.56 Å². The van der Waals surface area contributed by atoms with Crippen LogP contribution in [0.1, 0.15) is 29.3 Å². The van der Waals surface area contributed by atoms with Crippen molar-refractivity contribution in [2.75, 3.05) is 6.61 Å². The zero-order valence-electron chi connectivity index (χ0n) is 9.53. The molecule has 4 heteroatoms. The number of amides is 1. The number of carbonyl (C=O) groups is 1. The Morgan fingerprint density at radius 3 is 2.75 bits per heavy atom. The third kappa shape index (κ3) is 3.24. The van der Waals surface area contributed by atoms with E-state index in [4.69, 9.17) is 5.11 Å². The second-order valence-electron chi connectivity index (χ2n) is 3.89. The normalized spacial score (nSPS) is 12.2. The number of aromatic hydroxyl groups is 1. The van der Waals surface area contributed by atoms with E-state index in [9.17, 15) is 9.90 Å². The fourth-order valence-corrected chi connectivity index (χ4v) is 1.32. The highest BCUT2D eigenvalue weighted by Crippen LogP contribution is 2.17. The number of hydrogen-bond donors (Lipinski definition) is 3. The number of aliphatic hydroxyl groups is 1. The van der Waals surface area contributed by atoms with Gasteiger partial charge in [0.15, 0.2) is 0 Å². The summed E-state index contributed by atoms with van der Waals surface area (Å²) in [7, 11) is 0. The van der Waals surface area contributed by atoms with Gasteiger partial charge >= 0.3 is 0 Å². The fraction of sp³-hybridized carbons (Fsp3) is 0.417. The van der Waals surface area contributed by atoms with Crippen LogP contribution in [-0.4, -0.2) is 28.8 Å². The van der Waals surface area contributed by atoms with Gasteiger partial charge in [0.25, 0.3) is 5.91 Å². The Morgan fingerprint density at radius 1 is 1.50 bits per heavy atom. The van der Waals surface area contributed by atoms with Crippen LogP contribution in [0.4, 0.5) is 0 Å². The number of aryl methyl sites for hydroxylation is 1. The van der Waals surface area contributed by atoms with Crippen molar-refractivity contribution in [3.8, 4) is 5.75 Å². The van der Waals surface area contributed by atoms with E-state index in [0.29, 0.717) is 12.0 Å². The third-order valence-electron chi connectivity index (χ3n) is 2.41. The van der Waals surface area contributed by atoms with E-state index in [1.54, 1.807) is 19.1 Å². The summed E-state index contributed by atoms with van der Waals surface area (Å²) in [5, 5.41) is 20.9. The Balaban J connectivity index is 2.69. The van der Waals surface area contributed by atoms with Crippen molar-refractivity contribution in [1.82, 2.24) is 5.32 Å². The summed E-state index contributed by atoms with van der Waals surface area (Å²) in [5.41, 5.74) is 1.16. The second-order valence-corrected chi connectivity index (χ2v) is 3.89. The Morgan fingerprint density at radius 2 is 2.19 bits per heavy atom. The molecule has 1 aromatic rings. The van der Waals surface area contributed by atoms with Crippen molar-refractivity contribution in [2.24, 2.45) is 0 Å². The van der Waals surface area contributed by atoms with Gasteiger partial charge in [0.1, 0.15) is 5.75 Å². The van der Waals surface area contributed by atoms with Crippen molar-refractivity contribution in [3.05, 3.63) is 29.3 Å². The SMILES string of the molecule is Cc1ccc(C(=O)NC(C)CCO)cc1O. The molecule has 0 aliphatic heterocycles. The van der Waals surface area contributed by atoms with Crippen LogP contribution >= 0.6 is 0 Å². The molecule has 0 fully saturated rings. The first kappa shape index (κ1) is 12.5. The first-order chi connectivity index (χ1) is 7.54. The van der Waals surface area contributed by atoms with Crippen LogP contribution < -0.4 is 5.32 Å². The molecular weight excluding hydrogens is 206 g/mol. The van der Waals surface area contributed by atoms with E-state index in [-0.39, 0.29) is 24.3 Å². The quantitative estimate of drug-likeness (QED) is 0.718. The molecule has 0 aromatic heterocycles. The van der Waals surface area contributed by atoms with Gasteiger partial charge in [0.2, 0.25) is 0 Å². The van der Waals surface area contributed by atoms with Crippen LogP contribution in [0.3, 0.4) is 0 Å². The molecule has 0 bridgehead atoms. The smallest absolute Gasteiger partial charge is 0.251 e. The van der Waals surface area contributed by atoms with Crippen LogP contribution in [0, 0.1) is 6.92 Å². The molecule has 4 nitrogen and oxygen atoms in total. The average molecular weight is 223 g/mol. The Bertz CT molecular complexity index is 377. The van der Waals surface area contributed by atoms with E-state index in [2.05, 4.69) is 5.32 Å². The molecule has 1 atom stereocenters. The van der Waals surface area contributed by atoms with E-state index < -0.39 is 0 Å².